The van der Waals surface area contributed by atoms with E-state index in [1.807, 2.05) is 12.1 Å². The van der Waals surface area contributed by atoms with Gasteiger partial charge >= 0.3 is 12.3 Å². The summed E-state index contributed by atoms with van der Waals surface area (Å²) in [6, 6.07) is 13.4. The van der Waals surface area contributed by atoms with Crippen LogP contribution in [0.15, 0.2) is 77.7 Å². The van der Waals surface area contributed by atoms with Crippen molar-refractivity contribution in [1.82, 2.24) is 35.3 Å². The Bertz CT molecular complexity index is 2830. The molecule has 7 rings (SSSR count). The van der Waals surface area contributed by atoms with Gasteiger partial charge in [-0.15, -0.1) is 0 Å². The minimum Gasteiger partial charge on any atom is -0.444 e. The predicted molar refractivity (Wildman–Crippen MR) is 244 cm³/mol. The van der Waals surface area contributed by atoms with Crippen LogP contribution in [0.4, 0.5) is 35.2 Å². The number of piperidine rings is 1. The van der Waals surface area contributed by atoms with E-state index < -0.39 is 71.7 Å². The normalized spacial score (nSPS) is 14.8. The lowest BCUT2D eigenvalue weighted by Crippen LogP contribution is -2.54. The van der Waals surface area contributed by atoms with E-state index in [4.69, 9.17) is 24.4 Å². The molecule has 3 aromatic heterocycles. The third kappa shape index (κ3) is 12.8. The average molecular weight is 988 g/mol. The Morgan fingerprint density at radius 1 is 0.944 bits per heavy atom. The number of benzene rings is 2. The molecule has 1 atom stereocenters. The number of hydrogen-bond acceptors (Lipinski definition) is 16. The summed E-state index contributed by atoms with van der Waals surface area (Å²) >= 11 is 0. The summed E-state index contributed by atoms with van der Waals surface area (Å²) in [7, 11) is 0. The van der Waals surface area contributed by atoms with Crippen LogP contribution in [-0.4, -0.2) is 130 Å². The summed E-state index contributed by atoms with van der Waals surface area (Å²) in [5.41, 5.74) is 6.23. The van der Waals surface area contributed by atoms with Crippen molar-refractivity contribution in [3.05, 3.63) is 101 Å². The Morgan fingerprint density at radius 3 is 2.37 bits per heavy atom. The first-order valence-corrected chi connectivity index (χ1v) is 22.0. The summed E-state index contributed by atoms with van der Waals surface area (Å²) < 4.78 is 63.6. The maximum Gasteiger partial charge on any atom is 0.416 e. The smallest absolute Gasteiger partial charge is 0.416 e. The number of nitrogens with two attached hydrogens (primary N) is 1. The molecular weight excluding hydrogens is 940 g/mol. The van der Waals surface area contributed by atoms with Crippen molar-refractivity contribution in [1.29, 1.82) is 0 Å². The van der Waals surface area contributed by atoms with Gasteiger partial charge in [0.1, 0.15) is 30.3 Å². The van der Waals surface area contributed by atoms with Crippen molar-refractivity contribution in [2.24, 2.45) is 5.73 Å². The second-order valence-corrected chi connectivity index (χ2v) is 16.9. The molecule has 2 aromatic carbocycles. The van der Waals surface area contributed by atoms with E-state index >= 15 is 0 Å². The third-order valence-corrected chi connectivity index (χ3v) is 10.5. The van der Waals surface area contributed by atoms with Gasteiger partial charge in [0, 0.05) is 43.5 Å². The Morgan fingerprint density at radius 2 is 1.68 bits per heavy atom. The number of ether oxygens (including phenoxy) is 3. The van der Waals surface area contributed by atoms with Gasteiger partial charge in [-0.25, -0.2) is 19.4 Å². The number of nitrogens with one attached hydrogen (secondary N) is 4. The number of imide groups is 2. The number of hydrogen-bond donors (Lipinski definition) is 5. The van der Waals surface area contributed by atoms with Crippen molar-refractivity contribution >= 4 is 58.7 Å². The number of halogens is 3. The monoisotopic (exact) mass is 987 g/mol. The van der Waals surface area contributed by atoms with Crippen LogP contribution < -0.4 is 31.9 Å². The zero-order valence-corrected chi connectivity index (χ0v) is 38.5. The highest BCUT2D eigenvalue weighted by atomic mass is 19.4. The SMILES string of the molecule is CC(C)(C)OC(=O)N(CC(F)(F)F)c1cc(-c2nc(C(=O)Nc3cn(-c4ccc(CNCCOCCOCCNc5cccc6c5C(=O)N(C5CCC(=O)NC5=O)C6=O)cc4)nc3C(N)=O)co2)ccn1. The van der Waals surface area contributed by atoms with E-state index in [0.717, 1.165) is 29.0 Å². The molecule has 1 fully saturated rings. The topological polar surface area (TPSA) is 285 Å². The molecule has 0 radical (unpaired) electrons. The van der Waals surface area contributed by atoms with Crippen LogP contribution in [0, 0.1) is 0 Å². The minimum absolute atomic E-state index is 0.0300. The lowest BCUT2D eigenvalue weighted by atomic mass is 10.0. The van der Waals surface area contributed by atoms with Gasteiger partial charge in [0.15, 0.2) is 11.4 Å². The number of carbonyl (C=O) groups is 7. The van der Waals surface area contributed by atoms with Crippen molar-refractivity contribution < 1.29 is 65.4 Å². The number of alkyl halides is 3. The van der Waals surface area contributed by atoms with E-state index in [0.29, 0.717) is 55.7 Å². The molecule has 7 amide bonds. The first-order chi connectivity index (χ1) is 33.8. The number of aromatic nitrogens is 4. The van der Waals surface area contributed by atoms with Crippen molar-refractivity contribution in [3.8, 4) is 17.1 Å². The number of anilines is 3. The number of amides is 7. The Balaban J connectivity index is 0.832. The quantitative estimate of drug-likeness (QED) is 0.0539. The fraction of sp³-hybridized carbons (Fsp3) is 0.348. The van der Waals surface area contributed by atoms with E-state index in [1.165, 1.54) is 43.8 Å². The number of pyridine rings is 1. The second-order valence-electron chi connectivity index (χ2n) is 16.9. The van der Waals surface area contributed by atoms with Crippen LogP contribution in [-0.2, 0) is 30.3 Å². The van der Waals surface area contributed by atoms with E-state index in [2.05, 4.69) is 36.3 Å². The molecule has 1 unspecified atom stereocenters. The van der Waals surface area contributed by atoms with Gasteiger partial charge in [-0.2, -0.15) is 18.3 Å². The van der Waals surface area contributed by atoms with Gasteiger partial charge in [-0.1, -0.05) is 18.2 Å². The molecule has 0 aliphatic carbocycles. The number of rotatable bonds is 20. The van der Waals surface area contributed by atoms with Gasteiger partial charge in [0.2, 0.25) is 17.7 Å². The highest BCUT2D eigenvalue weighted by molar-refractivity contribution is 6.25. The predicted octanol–water partition coefficient (Wildman–Crippen LogP) is 4.21. The maximum atomic E-state index is 13.5. The zero-order chi connectivity index (χ0) is 51.0. The molecule has 1 saturated heterocycles. The first kappa shape index (κ1) is 50.8. The number of primary amides is 1. The van der Waals surface area contributed by atoms with Gasteiger partial charge < -0.3 is 40.3 Å². The summed E-state index contributed by atoms with van der Waals surface area (Å²) in [5.74, 6) is -4.67. The standard InChI is InChI=1S/C46H48F3N11O11/c1-45(2,3)71-44(67)58(25-46(47,48)49)34-21-27(13-14-53-34)41-55-32(24-70-41)39(63)54-31-23-59(57-37(31)38(50)62)28-9-7-26(8-10-28)22-51-15-17-68-19-20-69-18-16-52-30-6-4-5-29-36(30)43(66)60(42(29)65)33-11-12-35(61)56-40(33)64/h4-10,13-14,21,23-24,33,51-52H,11-12,15-20,22,25H2,1-3H3,(H2,50,62)(H,54,63)(H,56,61,64). The van der Waals surface area contributed by atoms with Gasteiger partial charge in [-0.3, -0.25) is 43.9 Å². The maximum absolute atomic E-state index is 13.5. The molecule has 2 aliphatic rings. The summed E-state index contributed by atoms with van der Waals surface area (Å²) in [6.45, 7) is 5.47. The lowest BCUT2D eigenvalue weighted by Gasteiger charge is -2.27. The van der Waals surface area contributed by atoms with Crippen LogP contribution in [0.3, 0.4) is 0 Å². The largest absolute Gasteiger partial charge is 0.444 e. The third-order valence-electron chi connectivity index (χ3n) is 10.5. The molecule has 0 spiro atoms. The molecule has 374 valence electrons. The minimum atomic E-state index is -4.79. The molecule has 22 nitrogen and oxygen atoms in total. The summed E-state index contributed by atoms with van der Waals surface area (Å²) in [4.78, 5) is 97.9. The Kier molecular flexibility index (Phi) is 15.6. The molecular formula is C46H48F3N11O11. The van der Waals surface area contributed by atoms with Crippen LogP contribution >= 0.6 is 0 Å². The summed E-state index contributed by atoms with van der Waals surface area (Å²) in [5, 5.41) is 15.3. The van der Waals surface area contributed by atoms with E-state index in [-0.39, 0.29) is 59.1 Å². The van der Waals surface area contributed by atoms with E-state index in [1.54, 1.807) is 24.3 Å². The molecule has 5 aromatic rings. The van der Waals surface area contributed by atoms with Crippen molar-refractivity contribution in [2.75, 3.05) is 61.6 Å². The fourth-order valence-electron chi connectivity index (χ4n) is 7.30. The fourth-order valence-corrected chi connectivity index (χ4v) is 7.30. The number of nitrogens with zero attached hydrogens (tertiary/aromatic N) is 6. The zero-order valence-electron chi connectivity index (χ0n) is 38.5. The van der Waals surface area contributed by atoms with Gasteiger partial charge in [-0.05, 0) is 69.2 Å². The van der Waals surface area contributed by atoms with Crippen LogP contribution in [0.2, 0.25) is 0 Å². The Hall–Kier alpha value is -8.03. The van der Waals surface area contributed by atoms with Crippen LogP contribution in [0.5, 0.6) is 0 Å². The lowest BCUT2D eigenvalue weighted by molar-refractivity contribution is -0.136. The number of carbonyl (C=O) groups excluding carboxylic acids is 7. The highest BCUT2D eigenvalue weighted by Crippen LogP contribution is 2.33. The van der Waals surface area contributed by atoms with Crippen LogP contribution in [0.1, 0.15) is 80.9 Å². The Labute approximate surface area is 402 Å². The van der Waals surface area contributed by atoms with Crippen molar-refractivity contribution in [2.45, 2.75) is 58.0 Å². The molecule has 0 bridgehead atoms. The van der Waals surface area contributed by atoms with Crippen LogP contribution in [0.25, 0.3) is 17.1 Å². The van der Waals surface area contributed by atoms with Gasteiger partial charge in [0.25, 0.3) is 23.6 Å². The highest BCUT2D eigenvalue weighted by Gasteiger charge is 2.45. The molecule has 5 heterocycles. The molecule has 6 N–H and O–H groups in total. The number of oxazole rings is 1. The van der Waals surface area contributed by atoms with E-state index in [9.17, 15) is 46.7 Å². The molecule has 71 heavy (non-hydrogen) atoms. The molecule has 2 aliphatic heterocycles. The second kappa shape index (κ2) is 21.7. The van der Waals surface area contributed by atoms with Crippen molar-refractivity contribution in [3.63, 3.8) is 0 Å². The first-order valence-electron chi connectivity index (χ1n) is 22.0. The average Bonchev–Trinajstić information content (AvgIpc) is 4.04. The summed E-state index contributed by atoms with van der Waals surface area (Å²) in [6.07, 6.45) is -2.46. The molecule has 0 saturated carbocycles. The number of fused-ring (bicyclic) bond motifs is 1. The van der Waals surface area contributed by atoms with Gasteiger partial charge in [0.05, 0.1) is 55.1 Å². The molecule has 25 heteroatoms.